The molecule has 0 aliphatic rings. The topological polar surface area (TPSA) is 4.93 Å². The fourth-order valence-corrected chi connectivity index (χ4v) is 3.64. The molecule has 0 spiro atoms. The lowest BCUT2D eigenvalue weighted by Gasteiger charge is -2.15. The average molecular weight is 325 g/mol. The third-order valence-electron chi connectivity index (χ3n) is 4.82. The molecule has 4 rings (SSSR count). The van der Waals surface area contributed by atoms with Crippen molar-refractivity contribution in [3.8, 4) is 16.8 Å². The minimum Gasteiger partial charge on any atom is -0.319 e. The van der Waals surface area contributed by atoms with Gasteiger partial charge in [-0.3, -0.25) is 0 Å². The Kier molecular flexibility index (Phi) is 3.93. The molecule has 0 radical (unpaired) electrons. The van der Waals surface area contributed by atoms with Crippen molar-refractivity contribution in [1.29, 1.82) is 0 Å². The van der Waals surface area contributed by atoms with Crippen LogP contribution < -0.4 is 0 Å². The molecule has 25 heavy (non-hydrogen) atoms. The Balaban J connectivity index is 2.03. The van der Waals surface area contributed by atoms with Crippen LogP contribution in [0.25, 0.3) is 27.6 Å². The Morgan fingerprint density at radius 2 is 1.48 bits per heavy atom. The zero-order valence-electron chi connectivity index (χ0n) is 15.0. The molecule has 1 nitrogen and oxygen atoms in total. The van der Waals surface area contributed by atoms with E-state index in [1.807, 2.05) is 0 Å². The van der Waals surface area contributed by atoms with E-state index in [9.17, 15) is 0 Å². The Hall–Kier alpha value is -2.80. The lowest BCUT2D eigenvalue weighted by molar-refractivity contribution is 0.795. The summed E-state index contributed by atoms with van der Waals surface area (Å²) in [5, 5.41) is 2.66. The summed E-state index contributed by atoms with van der Waals surface area (Å²) in [4.78, 5) is 0. The number of aryl methyl sites for hydroxylation is 1. The lowest BCUT2D eigenvalue weighted by Crippen LogP contribution is -2.01. The number of hydrogen-bond acceptors (Lipinski definition) is 0. The molecular formula is C24H23N. The standard InChI is InChI=1S/C24H23N/c1-17(2)24-23-20(16-25(24)21-14-12-18(3)13-15-21)10-7-11-22(23)19-8-5-4-6-9-19/h4-17H,1-3H3. The summed E-state index contributed by atoms with van der Waals surface area (Å²) >= 11 is 0. The minimum atomic E-state index is 0.434. The van der Waals surface area contributed by atoms with E-state index in [0.717, 1.165) is 0 Å². The highest BCUT2D eigenvalue weighted by Crippen LogP contribution is 2.37. The highest BCUT2D eigenvalue weighted by Gasteiger charge is 2.17. The molecule has 124 valence electrons. The summed E-state index contributed by atoms with van der Waals surface area (Å²) in [5.41, 5.74) is 6.48. The van der Waals surface area contributed by atoms with E-state index < -0.39 is 0 Å². The van der Waals surface area contributed by atoms with Crippen molar-refractivity contribution in [2.24, 2.45) is 0 Å². The van der Waals surface area contributed by atoms with Crippen LogP contribution >= 0.6 is 0 Å². The molecule has 0 bridgehead atoms. The number of fused-ring (bicyclic) bond motifs is 1. The normalized spacial score (nSPS) is 11.4. The Bertz CT molecular complexity index is 1010. The maximum absolute atomic E-state index is 2.36. The Labute approximate surface area is 149 Å². The second-order valence-corrected chi connectivity index (χ2v) is 7.01. The number of nitrogens with zero attached hydrogens (tertiary/aromatic N) is 1. The van der Waals surface area contributed by atoms with Gasteiger partial charge in [-0.1, -0.05) is 80.1 Å². The molecule has 0 aliphatic carbocycles. The zero-order valence-corrected chi connectivity index (χ0v) is 15.0. The number of rotatable bonds is 3. The zero-order chi connectivity index (χ0) is 17.4. The molecule has 0 N–H and O–H groups in total. The third-order valence-corrected chi connectivity index (χ3v) is 4.82. The summed E-state index contributed by atoms with van der Waals surface area (Å²) in [7, 11) is 0. The summed E-state index contributed by atoms with van der Waals surface area (Å²) in [5.74, 6) is 0.434. The van der Waals surface area contributed by atoms with Crippen LogP contribution in [-0.2, 0) is 0 Å². The van der Waals surface area contributed by atoms with Crippen molar-refractivity contribution in [3.05, 3.63) is 90.3 Å². The maximum atomic E-state index is 2.36. The van der Waals surface area contributed by atoms with Crippen molar-refractivity contribution in [1.82, 2.24) is 4.57 Å². The second kappa shape index (κ2) is 6.25. The molecule has 0 atom stereocenters. The Morgan fingerprint density at radius 3 is 2.16 bits per heavy atom. The van der Waals surface area contributed by atoms with Crippen molar-refractivity contribution < 1.29 is 0 Å². The molecule has 0 saturated heterocycles. The van der Waals surface area contributed by atoms with Crippen LogP contribution in [0, 0.1) is 6.92 Å². The van der Waals surface area contributed by atoms with Crippen LogP contribution in [0.5, 0.6) is 0 Å². The molecule has 0 fully saturated rings. The molecule has 0 amide bonds. The molecule has 0 saturated carbocycles. The van der Waals surface area contributed by atoms with Crippen molar-refractivity contribution in [2.75, 3.05) is 0 Å². The molecule has 0 aliphatic heterocycles. The van der Waals surface area contributed by atoms with E-state index >= 15 is 0 Å². The van der Waals surface area contributed by atoms with Gasteiger partial charge in [0.1, 0.15) is 0 Å². The third kappa shape index (κ3) is 2.76. The number of benzene rings is 3. The predicted molar refractivity (Wildman–Crippen MR) is 108 cm³/mol. The molecule has 4 aromatic rings. The molecule has 1 heteroatoms. The van der Waals surface area contributed by atoms with Crippen molar-refractivity contribution in [3.63, 3.8) is 0 Å². The Morgan fingerprint density at radius 1 is 0.760 bits per heavy atom. The second-order valence-electron chi connectivity index (χ2n) is 7.01. The molecule has 0 unspecified atom stereocenters. The fraction of sp³-hybridized carbons (Fsp3) is 0.167. The van der Waals surface area contributed by atoms with E-state index in [2.05, 4.69) is 104 Å². The summed E-state index contributed by atoms with van der Waals surface area (Å²) in [6.07, 6.45) is 2.28. The highest BCUT2D eigenvalue weighted by atomic mass is 15.0. The van der Waals surface area contributed by atoms with Gasteiger partial charge < -0.3 is 4.57 Å². The number of hydrogen-bond donors (Lipinski definition) is 0. The van der Waals surface area contributed by atoms with Crippen LogP contribution in [0.1, 0.15) is 31.0 Å². The SMILES string of the molecule is Cc1ccc(-n2cc3cccc(-c4ccccc4)c3c2C(C)C)cc1. The van der Waals surface area contributed by atoms with Gasteiger partial charge in [0.2, 0.25) is 0 Å². The first-order chi connectivity index (χ1) is 12.1. The van der Waals surface area contributed by atoms with Gasteiger partial charge in [0.25, 0.3) is 0 Å². The van der Waals surface area contributed by atoms with Crippen LogP contribution in [-0.4, -0.2) is 4.57 Å². The predicted octanol–water partition coefficient (Wildman–Crippen LogP) is 6.73. The van der Waals surface area contributed by atoms with Gasteiger partial charge in [0.05, 0.1) is 0 Å². The maximum Gasteiger partial charge on any atom is 0.0453 e. The average Bonchev–Trinajstić information content (AvgIpc) is 3.03. The van der Waals surface area contributed by atoms with Crippen molar-refractivity contribution in [2.45, 2.75) is 26.7 Å². The van der Waals surface area contributed by atoms with Gasteiger partial charge >= 0.3 is 0 Å². The van der Waals surface area contributed by atoms with E-state index in [1.54, 1.807) is 0 Å². The summed E-state index contributed by atoms with van der Waals surface area (Å²) in [6, 6.07) is 26.1. The first kappa shape index (κ1) is 15.7. The van der Waals surface area contributed by atoms with Gasteiger partial charge in [0.15, 0.2) is 0 Å². The molecule has 1 heterocycles. The van der Waals surface area contributed by atoms with E-state index in [-0.39, 0.29) is 0 Å². The van der Waals surface area contributed by atoms with Gasteiger partial charge in [-0.25, -0.2) is 0 Å². The van der Waals surface area contributed by atoms with Crippen molar-refractivity contribution >= 4 is 10.8 Å². The first-order valence-corrected chi connectivity index (χ1v) is 8.91. The molecule has 3 aromatic carbocycles. The van der Waals surface area contributed by atoms with Crippen LogP contribution in [0.15, 0.2) is 79.0 Å². The minimum absolute atomic E-state index is 0.434. The van der Waals surface area contributed by atoms with E-state index in [4.69, 9.17) is 0 Å². The van der Waals surface area contributed by atoms with E-state index in [1.165, 1.54) is 38.8 Å². The summed E-state index contributed by atoms with van der Waals surface area (Å²) < 4.78 is 2.36. The van der Waals surface area contributed by atoms with Gasteiger partial charge in [0, 0.05) is 28.4 Å². The summed E-state index contributed by atoms with van der Waals surface area (Å²) in [6.45, 7) is 6.69. The van der Waals surface area contributed by atoms with Crippen LogP contribution in [0.4, 0.5) is 0 Å². The van der Waals surface area contributed by atoms with Gasteiger partial charge in [-0.05, 0) is 36.1 Å². The quantitative estimate of drug-likeness (QED) is 0.393. The largest absolute Gasteiger partial charge is 0.319 e. The highest BCUT2D eigenvalue weighted by molar-refractivity contribution is 5.99. The van der Waals surface area contributed by atoms with Gasteiger partial charge in [-0.15, -0.1) is 0 Å². The fourth-order valence-electron chi connectivity index (χ4n) is 3.64. The monoisotopic (exact) mass is 325 g/mol. The van der Waals surface area contributed by atoms with Crippen LogP contribution in [0.2, 0.25) is 0 Å². The first-order valence-electron chi connectivity index (χ1n) is 8.91. The molecule has 1 aromatic heterocycles. The lowest BCUT2D eigenvalue weighted by atomic mass is 9.96. The molecular weight excluding hydrogens is 302 g/mol. The van der Waals surface area contributed by atoms with E-state index in [0.29, 0.717) is 5.92 Å². The van der Waals surface area contributed by atoms with Gasteiger partial charge in [-0.2, -0.15) is 0 Å². The number of aromatic nitrogens is 1. The smallest absolute Gasteiger partial charge is 0.0453 e. The van der Waals surface area contributed by atoms with Crippen LogP contribution in [0.3, 0.4) is 0 Å².